The summed E-state index contributed by atoms with van der Waals surface area (Å²) >= 11 is 1.48. The molecule has 24 heavy (non-hydrogen) atoms. The molecule has 0 saturated carbocycles. The second kappa shape index (κ2) is 6.84. The minimum absolute atomic E-state index is 0.0208. The van der Waals surface area contributed by atoms with Crippen LogP contribution in [0, 0.1) is 0 Å². The lowest BCUT2D eigenvalue weighted by molar-refractivity contribution is -0.123. The van der Waals surface area contributed by atoms with Gasteiger partial charge in [0.2, 0.25) is 17.7 Å². The van der Waals surface area contributed by atoms with Gasteiger partial charge in [-0.2, -0.15) is 0 Å². The van der Waals surface area contributed by atoms with Crippen LogP contribution in [-0.2, 0) is 14.4 Å². The van der Waals surface area contributed by atoms with E-state index in [1.807, 2.05) is 23.6 Å². The highest BCUT2D eigenvalue weighted by Crippen LogP contribution is 2.31. The zero-order chi connectivity index (χ0) is 17.1. The minimum Gasteiger partial charge on any atom is -0.348 e. The average Bonchev–Trinajstić information content (AvgIpc) is 3.07. The highest BCUT2D eigenvalue weighted by molar-refractivity contribution is 7.10. The van der Waals surface area contributed by atoms with Crippen LogP contribution in [0.5, 0.6) is 0 Å². The van der Waals surface area contributed by atoms with E-state index in [0.717, 1.165) is 4.88 Å². The Morgan fingerprint density at radius 1 is 1.29 bits per heavy atom. The predicted molar refractivity (Wildman–Crippen MR) is 92.9 cm³/mol. The molecule has 2 heterocycles. The lowest BCUT2D eigenvalue weighted by atomic mass is 10.1. The van der Waals surface area contributed by atoms with Crippen molar-refractivity contribution in [3.05, 3.63) is 46.7 Å². The molecule has 0 saturated heterocycles. The van der Waals surface area contributed by atoms with Gasteiger partial charge in [-0.1, -0.05) is 18.2 Å². The Bertz CT molecular complexity index is 773. The number of benzene rings is 1. The van der Waals surface area contributed by atoms with Gasteiger partial charge in [0.1, 0.15) is 6.54 Å². The first-order valence-electron chi connectivity index (χ1n) is 7.54. The van der Waals surface area contributed by atoms with Crippen LogP contribution in [0.3, 0.4) is 0 Å². The van der Waals surface area contributed by atoms with Gasteiger partial charge in [0.05, 0.1) is 23.8 Å². The summed E-state index contributed by atoms with van der Waals surface area (Å²) in [4.78, 5) is 38.5. The number of para-hydroxylation sites is 2. The first-order valence-corrected chi connectivity index (χ1v) is 8.42. The Morgan fingerprint density at radius 3 is 2.79 bits per heavy atom. The largest absolute Gasteiger partial charge is 0.348 e. The third-order valence-corrected chi connectivity index (χ3v) is 4.70. The molecule has 0 bridgehead atoms. The van der Waals surface area contributed by atoms with Crippen LogP contribution in [-0.4, -0.2) is 24.3 Å². The van der Waals surface area contributed by atoms with Gasteiger partial charge >= 0.3 is 0 Å². The number of nitrogens with zero attached hydrogens (tertiary/aromatic N) is 1. The van der Waals surface area contributed by atoms with E-state index in [-0.39, 0.29) is 30.7 Å². The van der Waals surface area contributed by atoms with Crippen molar-refractivity contribution in [2.24, 2.45) is 0 Å². The highest BCUT2D eigenvalue weighted by Gasteiger charge is 2.29. The molecule has 3 rings (SSSR count). The summed E-state index contributed by atoms with van der Waals surface area (Å²) in [5.74, 6) is -0.628. The van der Waals surface area contributed by atoms with Crippen molar-refractivity contribution >= 4 is 40.4 Å². The van der Waals surface area contributed by atoms with Crippen LogP contribution >= 0.6 is 11.3 Å². The molecule has 2 N–H and O–H groups in total. The first kappa shape index (κ1) is 16.2. The van der Waals surface area contributed by atoms with Crippen LogP contribution in [0.4, 0.5) is 11.4 Å². The monoisotopic (exact) mass is 343 g/mol. The molecule has 0 aliphatic carbocycles. The molecule has 0 unspecified atom stereocenters. The molecule has 1 aromatic heterocycles. The van der Waals surface area contributed by atoms with Crippen LogP contribution in [0.15, 0.2) is 41.8 Å². The molecule has 7 heteroatoms. The van der Waals surface area contributed by atoms with E-state index in [4.69, 9.17) is 0 Å². The van der Waals surface area contributed by atoms with E-state index >= 15 is 0 Å². The summed E-state index contributed by atoms with van der Waals surface area (Å²) in [5, 5.41) is 7.47. The maximum absolute atomic E-state index is 12.8. The first-order chi connectivity index (χ1) is 11.5. The summed E-state index contributed by atoms with van der Waals surface area (Å²) in [6, 6.07) is 10.5. The van der Waals surface area contributed by atoms with Gasteiger partial charge in [-0.15, -0.1) is 11.3 Å². The number of hydrogen-bond acceptors (Lipinski definition) is 4. The van der Waals surface area contributed by atoms with E-state index in [1.54, 1.807) is 18.2 Å². The predicted octanol–water partition coefficient (Wildman–Crippen LogP) is 2.30. The summed E-state index contributed by atoms with van der Waals surface area (Å²) < 4.78 is 0. The number of amides is 3. The van der Waals surface area contributed by atoms with Gasteiger partial charge in [0.15, 0.2) is 0 Å². The van der Waals surface area contributed by atoms with Gasteiger partial charge < -0.3 is 15.5 Å². The number of carbonyl (C=O) groups excluding carboxylic acids is 3. The molecule has 0 spiro atoms. The number of hydrogen-bond donors (Lipinski definition) is 2. The lowest BCUT2D eigenvalue weighted by Gasteiger charge is -2.30. The SMILES string of the molecule is CC(=O)N[C@H](CC(=O)N1CC(=O)Nc2ccccc21)c1cccs1. The second-order valence-corrected chi connectivity index (χ2v) is 6.50. The summed E-state index contributed by atoms with van der Waals surface area (Å²) in [7, 11) is 0. The number of anilines is 2. The van der Waals surface area contributed by atoms with Crippen molar-refractivity contribution in [2.45, 2.75) is 19.4 Å². The molecule has 3 amide bonds. The molecule has 1 atom stereocenters. The van der Waals surface area contributed by atoms with Crippen LogP contribution in [0.25, 0.3) is 0 Å². The third-order valence-electron chi connectivity index (χ3n) is 3.71. The van der Waals surface area contributed by atoms with E-state index < -0.39 is 6.04 Å². The Morgan fingerprint density at radius 2 is 2.08 bits per heavy atom. The van der Waals surface area contributed by atoms with Gasteiger partial charge in [-0.25, -0.2) is 0 Å². The van der Waals surface area contributed by atoms with Crippen molar-refractivity contribution < 1.29 is 14.4 Å². The third kappa shape index (κ3) is 3.46. The fraction of sp³-hybridized carbons (Fsp3) is 0.235. The molecule has 0 fully saturated rings. The van der Waals surface area contributed by atoms with Crippen molar-refractivity contribution in [1.29, 1.82) is 0 Å². The Hall–Kier alpha value is -2.67. The number of carbonyl (C=O) groups is 3. The molecule has 1 aromatic carbocycles. The lowest BCUT2D eigenvalue weighted by Crippen LogP contribution is -2.43. The van der Waals surface area contributed by atoms with E-state index in [2.05, 4.69) is 10.6 Å². The average molecular weight is 343 g/mol. The zero-order valence-corrected chi connectivity index (χ0v) is 13.9. The fourth-order valence-corrected chi connectivity index (χ4v) is 3.48. The Kier molecular flexibility index (Phi) is 4.61. The Labute approximate surface area is 143 Å². The highest BCUT2D eigenvalue weighted by atomic mass is 32.1. The number of nitrogens with one attached hydrogen (secondary N) is 2. The minimum atomic E-state index is -0.396. The van der Waals surface area contributed by atoms with Crippen molar-refractivity contribution in [2.75, 3.05) is 16.8 Å². The van der Waals surface area contributed by atoms with Crippen LogP contribution in [0.1, 0.15) is 24.3 Å². The zero-order valence-electron chi connectivity index (χ0n) is 13.1. The molecule has 1 aliphatic rings. The maximum atomic E-state index is 12.8. The molecular weight excluding hydrogens is 326 g/mol. The number of thiophene rings is 1. The second-order valence-electron chi connectivity index (χ2n) is 5.52. The summed E-state index contributed by atoms with van der Waals surface area (Å²) in [5.41, 5.74) is 1.30. The van der Waals surface area contributed by atoms with Crippen LogP contribution in [0.2, 0.25) is 0 Å². The van der Waals surface area contributed by atoms with Crippen LogP contribution < -0.4 is 15.5 Å². The number of rotatable bonds is 4. The van der Waals surface area contributed by atoms with Crippen molar-refractivity contribution in [1.82, 2.24) is 5.32 Å². The van der Waals surface area contributed by atoms with Crippen molar-refractivity contribution in [3.8, 4) is 0 Å². The van der Waals surface area contributed by atoms with Crippen molar-refractivity contribution in [3.63, 3.8) is 0 Å². The molecule has 2 aromatic rings. The maximum Gasteiger partial charge on any atom is 0.244 e. The summed E-state index contributed by atoms with van der Waals surface area (Å²) in [6.45, 7) is 1.40. The van der Waals surface area contributed by atoms with Gasteiger partial charge in [0.25, 0.3) is 0 Å². The van der Waals surface area contributed by atoms with Gasteiger partial charge in [-0.05, 0) is 23.6 Å². The van der Waals surface area contributed by atoms with E-state index in [9.17, 15) is 14.4 Å². The fourth-order valence-electron chi connectivity index (χ4n) is 2.70. The summed E-state index contributed by atoms with van der Waals surface area (Å²) in [6.07, 6.45) is 0.0989. The normalized spacial score (nSPS) is 14.5. The molecular formula is C17H17N3O3S. The molecule has 124 valence electrons. The van der Waals surface area contributed by atoms with Gasteiger partial charge in [0, 0.05) is 11.8 Å². The van der Waals surface area contributed by atoms with Gasteiger partial charge in [-0.3, -0.25) is 14.4 Å². The quantitative estimate of drug-likeness (QED) is 0.894. The number of fused-ring (bicyclic) bond motifs is 1. The standard InChI is InChI=1S/C17H17N3O3S/c1-11(21)18-13(15-7-4-8-24-15)9-17(23)20-10-16(22)19-12-5-2-3-6-14(12)20/h2-8,13H,9-10H2,1H3,(H,18,21)(H,19,22)/t13-/m1/s1. The molecule has 6 nitrogen and oxygen atoms in total. The van der Waals surface area contributed by atoms with E-state index in [0.29, 0.717) is 11.4 Å². The smallest absolute Gasteiger partial charge is 0.244 e. The molecule has 1 aliphatic heterocycles. The Balaban J connectivity index is 1.83. The topological polar surface area (TPSA) is 78.5 Å². The van der Waals surface area contributed by atoms with E-state index in [1.165, 1.54) is 23.2 Å². The molecule has 0 radical (unpaired) electrons.